The molecule has 1 aliphatic heterocycles. The van der Waals surface area contributed by atoms with Crippen molar-refractivity contribution in [2.24, 2.45) is 11.7 Å². The zero-order valence-corrected chi connectivity index (χ0v) is 18.2. The number of aromatic amines is 1. The van der Waals surface area contributed by atoms with Crippen molar-refractivity contribution >= 4 is 29.2 Å². The Morgan fingerprint density at radius 2 is 1.90 bits per heavy atom. The van der Waals surface area contributed by atoms with E-state index < -0.39 is 0 Å². The summed E-state index contributed by atoms with van der Waals surface area (Å²) in [6, 6.07) is 18.6. The van der Waals surface area contributed by atoms with E-state index in [0.29, 0.717) is 24.9 Å². The lowest BCUT2D eigenvalue weighted by atomic mass is 9.89. The van der Waals surface area contributed by atoms with Gasteiger partial charge in [0.05, 0.1) is 6.04 Å². The number of hydrogen-bond acceptors (Lipinski definition) is 3. The highest BCUT2D eigenvalue weighted by atomic mass is 35.5. The fraction of sp³-hybridized carbons (Fsp3) is 0.375. The molecule has 0 aliphatic carbocycles. The highest BCUT2D eigenvalue weighted by Crippen LogP contribution is 2.33. The maximum absolute atomic E-state index is 12.8. The molecule has 1 amide bonds. The van der Waals surface area contributed by atoms with E-state index in [0.717, 1.165) is 25.0 Å². The lowest BCUT2D eigenvalue weighted by Gasteiger charge is -2.23. The number of amides is 1. The van der Waals surface area contributed by atoms with Crippen LogP contribution in [0.2, 0.25) is 0 Å². The van der Waals surface area contributed by atoms with E-state index in [1.807, 2.05) is 31.3 Å². The number of rotatable bonds is 7. The van der Waals surface area contributed by atoms with Crippen LogP contribution in [0.25, 0.3) is 10.9 Å². The lowest BCUT2D eigenvalue weighted by Crippen LogP contribution is -2.44. The first-order chi connectivity index (χ1) is 14.2. The number of aromatic nitrogens is 1. The highest BCUT2D eigenvalue weighted by molar-refractivity contribution is 5.85. The van der Waals surface area contributed by atoms with E-state index in [9.17, 15) is 4.79 Å². The summed E-state index contributed by atoms with van der Waals surface area (Å²) < 4.78 is 0. The maximum Gasteiger partial charge on any atom is 0.237 e. The Bertz CT molecular complexity index is 958. The van der Waals surface area contributed by atoms with Gasteiger partial charge in [-0.3, -0.25) is 9.69 Å². The number of likely N-dealkylation sites (tertiary alicyclic amines) is 1. The van der Waals surface area contributed by atoms with Crippen molar-refractivity contribution in [2.75, 3.05) is 26.2 Å². The molecule has 1 saturated heterocycles. The van der Waals surface area contributed by atoms with Crippen LogP contribution in [-0.4, -0.2) is 48.0 Å². The molecule has 1 fully saturated rings. The second kappa shape index (κ2) is 10.1. The Morgan fingerprint density at radius 1 is 1.17 bits per heavy atom. The molecule has 0 saturated carbocycles. The molecule has 6 heteroatoms. The molecule has 1 aromatic heterocycles. The second-order valence-electron chi connectivity index (χ2n) is 8.04. The first-order valence-electron chi connectivity index (χ1n) is 10.5. The van der Waals surface area contributed by atoms with Gasteiger partial charge in [0.25, 0.3) is 0 Å². The average molecular weight is 427 g/mol. The predicted molar refractivity (Wildman–Crippen MR) is 125 cm³/mol. The molecule has 30 heavy (non-hydrogen) atoms. The van der Waals surface area contributed by atoms with Crippen LogP contribution in [-0.2, 0) is 11.2 Å². The van der Waals surface area contributed by atoms with Crippen LogP contribution in [0.4, 0.5) is 0 Å². The van der Waals surface area contributed by atoms with Crippen molar-refractivity contribution in [3.8, 4) is 0 Å². The molecule has 0 radical (unpaired) electrons. The van der Waals surface area contributed by atoms with E-state index in [4.69, 9.17) is 5.73 Å². The van der Waals surface area contributed by atoms with Crippen LogP contribution in [0, 0.1) is 5.92 Å². The number of halogens is 1. The summed E-state index contributed by atoms with van der Waals surface area (Å²) in [6.07, 6.45) is 2.86. The molecule has 160 valence electrons. The first-order valence-corrected chi connectivity index (χ1v) is 10.5. The molecule has 4 N–H and O–H groups in total. The van der Waals surface area contributed by atoms with Crippen LogP contribution in [0.15, 0.2) is 60.8 Å². The molecule has 5 nitrogen and oxygen atoms in total. The number of H-pyrrole nitrogens is 1. The zero-order valence-electron chi connectivity index (χ0n) is 17.4. The van der Waals surface area contributed by atoms with Gasteiger partial charge in [-0.25, -0.2) is 0 Å². The molecular formula is C24H31ClN4O. The van der Waals surface area contributed by atoms with E-state index >= 15 is 0 Å². The number of carbonyl (C=O) groups is 1. The summed E-state index contributed by atoms with van der Waals surface area (Å²) >= 11 is 0. The normalized spacial score (nSPS) is 20.1. The third-order valence-corrected chi connectivity index (χ3v) is 6.30. The van der Waals surface area contributed by atoms with Crippen molar-refractivity contribution in [1.82, 2.24) is 15.2 Å². The van der Waals surface area contributed by atoms with Gasteiger partial charge in [-0.15, -0.1) is 12.4 Å². The summed E-state index contributed by atoms with van der Waals surface area (Å²) in [6.45, 7) is 5.03. The van der Waals surface area contributed by atoms with Gasteiger partial charge in [0.1, 0.15) is 0 Å². The van der Waals surface area contributed by atoms with Gasteiger partial charge in [0, 0.05) is 42.7 Å². The zero-order chi connectivity index (χ0) is 20.2. The van der Waals surface area contributed by atoms with E-state index in [1.54, 1.807) is 0 Å². The Kier molecular flexibility index (Phi) is 7.53. The summed E-state index contributed by atoms with van der Waals surface area (Å²) in [5, 5.41) is 4.35. The molecular weight excluding hydrogens is 396 g/mol. The minimum absolute atomic E-state index is 0. The molecule has 3 aromatic rings. The van der Waals surface area contributed by atoms with Crippen molar-refractivity contribution in [1.29, 1.82) is 0 Å². The number of para-hydroxylation sites is 1. The molecule has 1 aliphatic rings. The van der Waals surface area contributed by atoms with Crippen molar-refractivity contribution in [3.63, 3.8) is 0 Å². The number of benzene rings is 2. The molecule has 3 atom stereocenters. The van der Waals surface area contributed by atoms with Crippen LogP contribution in [0.5, 0.6) is 0 Å². The molecule has 2 aromatic carbocycles. The van der Waals surface area contributed by atoms with Crippen LogP contribution in [0.1, 0.15) is 24.0 Å². The Morgan fingerprint density at radius 3 is 2.67 bits per heavy atom. The smallest absolute Gasteiger partial charge is 0.237 e. The van der Waals surface area contributed by atoms with E-state index in [-0.39, 0.29) is 24.4 Å². The number of nitrogens with zero attached hydrogens (tertiary/aromatic N) is 1. The molecule has 0 bridgehead atoms. The number of carbonyl (C=O) groups excluding carboxylic acids is 1. The van der Waals surface area contributed by atoms with Crippen LogP contribution in [0.3, 0.4) is 0 Å². The van der Waals surface area contributed by atoms with Gasteiger partial charge in [-0.2, -0.15) is 0 Å². The highest BCUT2D eigenvalue weighted by Gasteiger charge is 2.36. The average Bonchev–Trinajstić information content (AvgIpc) is 3.38. The number of fused-ring (bicyclic) bond motifs is 1. The first kappa shape index (κ1) is 22.3. The molecule has 0 spiro atoms. The molecule has 4 rings (SSSR count). The van der Waals surface area contributed by atoms with Gasteiger partial charge in [-0.05, 0) is 43.0 Å². The molecule has 2 heterocycles. The Hall–Kier alpha value is -2.34. The van der Waals surface area contributed by atoms with Crippen LogP contribution < -0.4 is 11.1 Å². The SMILES string of the molecule is CC(C(=O)NCCc1c[nH]c2ccccc12)N1C[C@@H](CN)[C@H](c2ccccc2)C1.Cl. The van der Waals surface area contributed by atoms with Gasteiger partial charge in [-0.1, -0.05) is 48.5 Å². The fourth-order valence-electron chi connectivity index (χ4n) is 4.51. The third-order valence-electron chi connectivity index (χ3n) is 6.30. The number of nitrogens with one attached hydrogen (secondary N) is 2. The molecule has 1 unspecified atom stereocenters. The maximum atomic E-state index is 12.8. The summed E-state index contributed by atoms with van der Waals surface area (Å²) in [5.74, 6) is 0.871. The van der Waals surface area contributed by atoms with Crippen molar-refractivity contribution < 1.29 is 4.79 Å². The van der Waals surface area contributed by atoms with Gasteiger partial charge in [0.15, 0.2) is 0 Å². The van der Waals surface area contributed by atoms with E-state index in [1.165, 1.54) is 16.5 Å². The Balaban J connectivity index is 0.00000256. The van der Waals surface area contributed by atoms with E-state index in [2.05, 4.69) is 51.6 Å². The number of nitrogens with two attached hydrogens (primary N) is 1. The predicted octanol–water partition coefficient (Wildman–Crippen LogP) is 3.31. The largest absolute Gasteiger partial charge is 0.361 e. The summed E-state index contributed by atoms with van der Waals surface area (Å²) in [5.41, 5.74) is 9.74. The topological polar surface area (TPSA) is 74.2 Å². The van der Waals surface area contributed by atoms with Crippen LogP contribution >= 0.6 is 12.4 Å². The Labute approximate surface area is 184 Å². The summed E-state index contributed by atoms with van der Waals surface area (Å²) in [4.78, 5) is 18.3. The van der Waals surface area contributed by atoms with Gasteiger partial charge < -0.3 is 16.0 Å². The number of hydrogen-bond donors (Lipinski definition) is 3. The second-order valence-corrected chi connectivity index (χ2v) is 8.04. The fourth-order valence-corrected chi connectivity index (χ4v) is 4.51. The third kappa shape index (κ3) is 4.69. The minimum atomic E-state index is -0.152. The standard InChI is InChI=1S/C24H30N4O.ClH/c1-17(28-15-20(13-25)22(16-28)18-7-3-2-4-8-18)24(29)26-12-11-19-14-27-23-10-6-5-9-21(19)23;/h2-10,14,17,20,22,27H,11-13,15-16,25H2,1H3,(H,26,29);1H/t17?,20-,22+;/m1./s1. The minimum Gasteiger partial charge on any atom is -0.361 e. The van der Waals surface area contributed by atoms with Crippen molar-refractivity contribution in [3.05, 3.63) is 71.9 Å². The van der Waals surface area contributed by atoms with Gasteiger partial charge in [0.2, 0.25) is 5.91 Å². The quantitative estimate of drug-likeness (QED) is 0.542. The van der Waals surface area contributed by atoms with Crippen molar-refractivity contribution in [2.45, 2.75) is 25.3 Å². The van der Waals surface area contributed by atoms with Gasteiger partial charge >= 0.3 is 0 Å². The summed E-state index contributed by atoms with van der Waals surface area (Å²) in [7, 11) is 0. The lowest BCUT2D eigenvalue weighted by molar-refractivity contribution is -0.125. The monoisotopic (exact) mass is 426 g/mol.